The van der Waals surface area contributed by atoms with Crippen molar-refractivity contribution in [2.45, 2.75) is 83.7 Å². The Hall–Kier alpha value is -2.95. The molecule has 11 heteroatoms. The molecule has 0 aromatic heterocycles. The van der Waals surface area contributed by atoms with Gasteiger partial charge in [-0.1, -0.05) is 20.4 Å². The molecule has 5 atom stereocenters. The molecule has 190 valence electrons. The van der Waals surface area contributed by atoms with Crippen molar-refractivity contribution in [3.05, 3.63) is 12.3 Å². The predicted molar refractivity (Wildman–Crippen MR) is 120 cm³/mol. The summed E-state index contributed by atoms with van der Waals surface area (Å²) in [6, 6.07) is -2.13. The molecule has 0 radical (unpaired) electrons. The van der Waals surface area contributed by atoms with E-state index in [-0.39, 0.29) is 36.5 Å². The van der Waals surface area contributed by atoms with E-state index in [1.54, 1.807) is 11.8 Å². The second kappa shape index (κ2) is 12.0. The van der Waals surface area contributed by atoms with E-state index in [1.165, 1.54) is 14.0 Å². The highest BCUT2D eigenvalue weighted by Gasteiger charge is 2.45. The molecule has 0 unspecified atom stereocenters. The zero-order chi connectivity index (χ0) is 25.6. The molecule has 0 saturated carbocycles. The Kier molecular flexibility index (Phi) is 9.60. The maximum absolute atomic E-state index is 13.2. The number of carbonyl (C=O) groups is 5. The Labute approximate surface area is 199 Å². The average molecular weight is 482 g/mol. The van der Waals surface area contributed by atoms with E-state index in [9.17, 15) is 24.0 Å². The van der Waals surface area contributed by atoms with E-state index in [4.69, 9.17) is 9.47 Å². The van der Waals surface area contributed by atoms with Crippen LogP contribution in [0.15, 0.2) is 12.3 Å². The maximum Gasteiger partial charge on any atom is 0.340 e. The summed E-state index contributed by atoms with van der Waals surface area (Å²) in [4.78, 5) is 62.4. The highest BCUT2D eigenvalue weighted by Crippen LogP contribution is 2.32. The lowest BCUT2D eigenvalue weighted by atomic mass is 10.0. The Bertz CT molecular complexity index is 827. The Balaban J connectivity index is 1.95. The molecule has 2 aliphatic rings. The Morgan fingerprint density at radius 2 is 1.79 bits per heavy atom. The van der Waals surface area contributed by atoms with Crippen LogP contribution in [0.4, 0.5) is 0 Å². The minimum absolute atomic E-state index is 0.0938. The summed E-state index contributed by atoms with van der Waals surface area (Å²) in [5.41, 5.74) is 0. The zero-order valence-electron chi connectivity index (χ0n) is 20.4. The molecule has 0 aliphatic carbocycles. The van der Waals surface area contributed by atoms with E-state index < -0.39 is 48.0 Å². The van der Waals surface area contributed by atoms with Crippen molar-refractivity contribution >= 4 is 29.7 Å². The fourth-order valence-corrected chi connectivity index (χ4v) is 4.00. The first-order valence-electron chi connectivity index (χ1n) is 11.5. The molecule has 11 nitrogen and oxygen atoms in total. The monoisotopic (exact) mass is 481 g/mol. The Morgan fingerprint density at radius 3 is 2.41 bits per heavy atom. The van der Waals surface area contributed by atoms with Crippen LogP contribution < -0.4 is 10.6 Å². The van der Waals surface area contributed by atoms with Gasteiger partial charge in [0.1, 0.15) is 23.9 Å². The second-order valence-corrected chi connectivity index (χ2v) is 8.95. The zero-order valence-corrected chi connectivity index (χ0v) is 20.4. The van der Waals surface area contributed by atoms with Crippen LogP contribution in [-0.4, -0.2) is 78.5 Å². The van der Waals surface area contributed by atoms with Gasteiger partial charge < -0.3 is 29.7 Å². The summed E-state index contributed by atoms with van der Waals surface area (Å²) in [5, 5.41) is 5.12. The molecule has 2 rings (SSSR count). The number of hydrogen-bond acceptors (Lipinski definition) is 8. The van der Waals surface area contributed by atoms with Gasteiger partial charge in [-0.15, -0.1) is 0 Å². The molecule has 0 spiro atoms. The SMILES string of the molecule is C=C1OC(=O)[C@H](C(C)C)O[C@H]1[C@@H]1CCCN1C(=O)[C@@H](C)NC(=O)[C@H](C)NC(=O)CCC(=O)OC. The molecule has 2 N–H and O–H groups in total. The first kappa shape index (κ1) is 27.3. The average Bonchev–Trinajstić information content (AvgIpc) is 3.25. The van der Waals surface area contributed by atoms with Gasteiger partial charge in [0.05, 0.1) is 19.6 Å². The van der Waals surface area contributed by atoms with Gasteiger partial charge in [0.25, 0.3) is 0 Å². The van der Waals surface area contributed by atoms with Crippen LogP contribution in [0.2, 0.25) is 0 Å². The second-order valence-electron chi connectivity index (χ2n) is 8.95. The summed E-state index contributed by atoms with van der Waals surface area (Å²) >= 11 is 0. The van der Waals surface area contributed by atoms with Gasteiger partial charge in [-0.3, -0.25) is 19.2 Å². The molecule has 34 heavy (non-hydrogen) atoms. The predicted octanol–water partition coefficient (Wildman–Crippen LogP) is 0.420. The normalized spacial score (nSPS) is 24.3. The van der Waals surface area contributed by atoms with Crippen LogP contribution in [0.5, 0.6) is 0 Å². The number of nitrogens with zero attached hydrogens (tertiary/aromatic N) is 1. The minimum Gasteiger partial charge on any atom is -0.469 e. The molecule has 0 bridgehead atoms. The van der Waals surface area contributed by atoms with E-state index in [0.717, 1.165) is 6.42 Å². The van der Waals surface area contributed by atoms with E-state index in [2.05, 4.69) is 21.9 Å². The quantitative estimate of drug-likeness (QED) is 0.452. The van der Waals surface area contributed by atoms with Crippen LogP contribution >= 0.6 is 0 Å². The van der Waals surface area contributed by atoms with Crippen LogP contribution in [0, 0.1) is 5.92 Å². The summed E-state index contributed by atoms with van der Waals surface area (Å²) in [5.74, 6) is -2.26. The number of rotatable bonds is 9. The molecule has 3 amide bonds. The number of hydrogen-bond donors (Lipinski definition) is 2. The number of cyclic esters (lactones) is 1. The van der Waals surface area contributed by atoms with Crippen LogP contribution in [0.25, 0.3) is 0 Å². The number of carbonyl (C=O) groups excluding carboxylic acids is 5. The lowest BCUT2D eigenvalue weighted by molar-refractivity contribution is -0.181. The molecule has 0 aromatic carbocycles. The maximum atomic E-state index is 13.2. The summed E-state index contributed by atoms with van der Waals surface area (Å²) in [6.45, 7) is 11.0. The first-order chi connectivity index (χ1) is 16.0. The third-order valence-corrected chi connectivity index (χ3v) is 5.90. The summed E-state index contributed by atoms with van der Waals surface area (Å²) < 4.78 is 15.8. The lowest BCUT2D eigenvalue weighted by Crippen LogP contribution is -2.56. The van der Waals surface area contributed by atoms with Gasteiger partial charge in [0.2, 0.25) is 17.7 Å². The number of esters is 2. The van der Waals surface area contributed by atoms with Crippen molar-refractivity contribution in [2.24, 2.45) is 5.92 Å². The highest BCUT2D eigenvalue weighted by atomic mass is 16.6. The third-order valence-electron chi connectivity index (χ3n) is 5.90. The number of methoxy groups -OCH3 is 1. The minimum atomic E-state index is -0.901. The van der Waals surface area contributed by atoms with Gasteiger partial charge >= 0.3 is 11.9 Å². The molecule has 2 saturated heterocycles. The summed E-state index contributed by atoms with van der Waals surface area (Å²) in [6.07, 6.45) is -0.214. The highest BCUT2D eigenvalue weighted by molar-refractivity contribution is 5.92. The van der Waals surface area contributed by atoms with Crippen molar-refractivity contribution in [1.29, 1.82) is 0 Å². The van der Waals surface area contributed by atoms with Crippen molar-refractivity contribution in [2.75, 3.05) is 13.7 Å². The van der Waals surface area contributed by atoms with Crippen LogP contribution in [0.1, 0.15) is 53.4 Å². The van der Waals surface area contributed by atoms with Gasteiger partial charge in [-0.05, 0) is 32.6 Å². The first-order valence-corrected chi connectivity index (χ1v) is 11.5. The largest absolute Gasteiger partial charge is 0.469 e. The van der Waals surface area contributed by atoms with E-state index >= 15 is 0 Å². The van der Waals surface area contributed by atoms with Gasteiger partial charge in [-0.2, -0.15) is 0 Å². The molecule has 2 fully saturated rings. The van der Waals surface area contributed by atoms with E-state index in [0.29, 0.717) is 13.0 Å². The fraction of sp³-hybridized carbons (Fsp3) is 0.696. The number of amides is 3. The molecular weight excluding hydrogens is 446 g/mol. The standard InChI is InChI=1S/C23H35N3O8/c1-12(2)19-23(31)33-15(5)20(34-19)16-8-7-11-26(16)22(30)14(4)25-21(29)13(3)24-17(27)9-10-18(28)32-6/h12-14,16,19-20H,5,7-11H2,1-4,6H3,(H,24,27)(H,25,29)/t13-,14+,16-,19-,20+/m0/s1. The van der Waals surface area contributed by atoms with Crippen molar-refractivity contribution in [3.8, 4) is 0 Å². The number of likely N-dealkylation sites (tertiary alicyclic amines) is 1. The van der Waals surface area contributed by atoms with Crippen molar-refractivity contribution in [1.82, 2.24) is 15.5 Å². The van der Waals surface area contributed by atoms with Crippen LogP contribution in [0.3, 0.4) is 0 Å². The lowest BCUT2D eigenvalue weighted by Gasteiger charge is -2.39. The fourth-order valence-electron chi connectivity index (χ4n) is 4.00. The molecule has 2 aliphatic heterocycles. The van der Waals surface area contributed by atoms with Gasteiger partial charge in [0.15, 0.2) is 6.10 Å². The smallest absolute Gasteiger partial charge is 0.340 e. The third kappa shape index (κ3) is 6.78. The molecule has 2 heterocycles. The molecule has 0 aromatic rings. The Morgan fingerprint density at radius 1 is 1.12 bits per heavy atom. The van der Waals surface area contributed by atoms with Crippen LogP contribution in [-0.2, 0) is 38.2 Å². The summed E-state index contributed by atoms with van der Waals surface area (Å²) in [7, 11) is 1.23. The van der Waals surface area contributed by atoms with Crippen molar-refractivity contribution in [3.63, 3.8) is 0 Å². The van der Waals surface area contributed by atoms with Gasteiger partial charge in [0, 0.05) is 13.0 Å². The number of ether oxygens (including phenoxy) is 3. The van der Waals surface area contributed by atoms with Crippen molar-refractivity contribution < 1.29 is 38.2 Å². The number of nitrogens with one attached hydrogen (secondary N) is 2. The van der Waals surface area contributed by atoms with E-state index in [1.807, 2.05) is 13.8 Å². The topological polar surface area (TPSA) is 140 Å². The molecular formula is C23H35N3O8. The van der Waals surface area contributed by atoms with Gasteiger partial charge in [-0.25, -0.2) is 4.79 Å².